The SMILES string of the molecule is CC(C)(C)CO[C]Cl. The second-order valence-electron chi connectivity index (χ2n) is 2.93. The standard InChI is InChI=1S/C6H11ClO/c1-6(2,3)4-8-5-7/h4H2,1-3H3. The van der Waals surface area contributed by atoms with E-state index in [1.807, 2.05) is 0 Å². The first-order valence-corrected chi connectivity index (χ1v) is 2.91. The van der Waals surface area contributed by atoms with Gasteiger partial charge in [-0.1, -0.05) is 32.4 Å². The maximum Gasteiger partial charge on any atom is 0.236 e. The average Bonchev–Trinajstić information content (AvgIpc) is 1.59. The van der Waals surface area contributed by atoms with E-state index in [0.717, 1.165) is 0 Å². The van der Waals surface area contributed by atoms with E-state index >= 15 is 0 Å². The third kappa shape index (κ3) is 6.25. The van der Waals surface area contributed by atoms with E-state index in [2.05, 4.69) is 26.8 Å². The van der Waals surface area contributed by atoms with Crippen LogP contribution in [-0.2, 0) is 4.74 Å². The van der Waals surface area contributed by atoms with E-state index in [-0.39, 0.29) is 5.41 Å². The molecule has 0 rings (SSSR count). The molecule has 0 heterocycles. The summed E-state index contributed by atoms with van der Waals surface area (Å²) in [5.74, 6) is 0. The number of ether oxygens (including phenoxy) is 1. The Morgan fingerprint density at radius 1 is 1.50 bits per heavy atom. The Kier molecular flexibility index (Phi) is 3.41. The number of hydrogen-bond donors (Lipinski definition) is 0. The van der Waals surface area contributed by atoms with Gasteiger partial charge in [0, 0.05) is 0 Å². The van der Waals surface area contributed by atoms with Crippen LogP contribution in [0.5, 0.6) is 0 Å². The summed E-state index contributed by atoms with van der Waals surface area (Å²) in [5.41, 5.74) is 0.182. The highest BCUT2D eigenvalue weighted by molar-refractivity contribution is 6.22. The van der Waals surface area contributed by atoms with Gasteiger partial charge < -0.3 is 4.74 Å². The van der Waals surface area contributed by atoms with Gasteiger partial charge in [-0.15, -0.1) is 0 Å². The zero-order valence-corrected chi connectivity index (χ0v) is 6.25. The Morgan fingerprint density at radius 3 is 2.12 bits per heavy atom. The molecule has 0 aliphatic rings. The minimum absolute atomic E-state index is 0.182. The predicted octanol–water partition coefficient (Wildman–Crippen LogP) is 2.28. The molecule has 8 heavy (non-hydrogen) atoms. The molecule has 0 saturated carbocycles. The fourth-order valence-electron chi connectivity index (χ4n) is 0.244. The maximum atomic E-state index is 5.04. The third-order valence-electron chi connectivity index (χ3n) is 0.560. The van der Waals surface area contributed by atoms with Gasteiger partial charge in [0.05, 0.1) is 6.61 Å². The Morgan fingerprint density at radius 2 is 2.00 bits per heavy atom. The van der Waals surface area contributed by atoms with Crippen LogP contribution in [0, 0.1) is 11.5 Å². The summed E-state index contributed by atoms with van der Waals surface area (Å²) in [7, 11) is 0. The Labute approximate surface area is 56.0 Å². The Balaban J connectivity index is 3.11. The lowest BCUT2D eigenvalue weighted by atomic mass is 9.99. The van der Waals surface area contributed by atoms with Crippen molar-refractivity contribution in [2.75, 3.05) is 6.61 Å². The van der Waals surface area contributed by atoms with Gasteiger partial charge in [0.25, 0.3) is 0 Å². The molecule has 0 fully saturated rings. The van der Waals surface area contributed by atoms with E-state index < -0.39 is 0 Å². The van der Waals surface area contributed by atoms with Crippen LogP contribution < -0.4 is 0 Å². The van der Waals surface area contributed by atoms with Crippen LogP contribution in [-0.4, -0.2) is 6.61 Å². The molecule has 2 radical (unpaired) electrons. The Hall–Kier alpha value is 0.250. The van der Waals surface area contributed by atoms with Gasteiger partial charge in [0.2, 0.25) is 6.07 Å². The first kappa shape index (κ1) is 8.25. The smallest absolute Gasteiger partial charge is 0.236 e. The summed E-state index contributed by atoms with van der Waals surface area (Å²) in [5, 5.41) is 0. The maximum absolute atomic E-state index is 5.04. The first-order chi connectivity index (χ1) is 3.56. The van der Waals surface area contributed by atoms with Gasteiger partial charge in [-0.3, -0.25) is 0 Å². The van der Waals surface area contributed by atoms with Crippen molar-refractivity contribution in [3.63, 3.8) is 0 Å². The molecule has 0 aromatic carbocycles. The van der Waals surface area contributed by atoms with Crippen molar-refractivity contribution in [2.24, 2.45) is 5.41 Å². The second-order valence-corrected chi connectivity index (χ2v) is 3.08. The molecular weight excluding hydrogens is 124 g/mol. The second kappa shape index (κ2) is 3.31. The van der Waals surface area contributed by atoms with Crippen LogP contribution in [0.1, 0.15) is 20.8 Å². The van der Waals surface area contributed by atoms with Gasteiger partial charge in [-0.2, -0.15) is 0 Å². The highest BCUT2D eigenvalue weighted by atomic mass is 35.5. The summed E-state index contributed by atoms with van der Waals surface area (Å²) in [6, 6.07) is 2.10. The molecule has 0 aromatic heterocycles. The highest BCUT2D eigenvalue weighted by Crippen LogP contribution is 2.13. The normalized spacial score (nSPS) is 12.0. The van der Waals surface area contributed by atoms with Crippen molar-refractivity contribution >= 4 is 11.6 Å². The van der Waals surface area contributed by atoms with E-state index in [1.54, 1.807) is 0 Å². The number of rotatable bonds is 2. The lowest BCUT2D eigenvalue weighted by molar-refractivity contribution is 0.137. The van der Waals surface area contributed by atoms with Crippen molar-refractivity contribution in [1.82, 2.24) is 0 Å². The van der Waals surface area contributed by atoms with Gasteiger partial charge in [-0.05, 0) is 5.41 Å². The molecule has 0 aromatic rings. The van der Waals surface area contributed by atoms with Crippen molar-refractivity contribution in [3.8, 4) is 0 Å². The minimum Gasteiger partial charge on any atom is -0.351 e. The zero-order chi connectivity index (χ0) is 6.62. The number of halogens is 1. The third-order valence-corrected chi connectivity index (χ3v) is 0.669. The van der Waals surface area contributed by atoms with Crippen molar-refractivity contribution < 1.29 is 4.74 Å². The van der Waals surface area contributed by atoms with Crippen molar-refractivity contribution in [3.05, 3.63) is 6.07 Å². The molecule has 0 amide bonds. The molecule has 0 N–H and O–H groups in total. The van der Waals surface area contributed by atoms with E-state index in [1.165, 1.54) is 0 Å². The minimum atomic E-state index is 0.182. The Bertz CT molecular complexity index is 56.0. The topological polar surface area (TPSA) is 9.23 Å². The molecule has 0 saturated heterocycles. The molecule has 0 bridgehead atoms. The molecule has 0 atom stereocenters. The van der Waals surface area contributed by atoms with E-state index in [0.29, 0.717) is 6.61 Å². The molecule has 0 spiro atoms. The molecule has 0 unspecified atom stereocenters. The fourth-order valence-corrected chi connectivity index (χ4v) is 0.298. The van der Waals surface area contributed by atoms with E-state index in [4.69, 9.17) is 16.3 Å². The number of hydrogen-bond acceptors (Lipinski definition) is 1. The molecule has 0 aliphatic carbocycles. The lowest BCUT2D eigenvalue weighted by Crippen LogP contribution is -2.12. The predicted molar refractivity (Wildman–Crippen MR) is 34.5 cm³/mol. The van der Waals surface area contributed by atoms with Gasteiger partial charge >= 0.3 is 0 Å². The molecule has 1 nitrogen and oxygen atoms in total. The quantitative estimate of drug-likeness (QED) is 0.563. The highest BCUT2D eigenvalue weighted by Gasteiger charge is 2.08. The van der Waals surface area contributed by atoms with Crippen LogP contribution in [0.2, 0.25) is 0 Å². The molecule has 0 aliphatic heterocycles. The molecular formula is C6H11ClO. The zero-order valence-electron chi connectivity index (χ0n) is 5.49. The monoisotopic (exact) mass is 134 g/mol. The van der Waals surface area contributed by atoms with Crippen LogP contribution >= 0.6 is 11.6 Å². The summed E-state index contributed by atoms with van der Waals surface area (Å²) >= 11 is 5.04. The fraction of sp³-hybridized carbons (Fsp3) is 0.833. The molecule has 2 heteroatoms. The first-order valence-electron chi connectivity index (χ1n) is 2.54. The summed E-state index contributed by atoms with van der Waals surface area (Å²) in [6.07, 6.45) is 0. The van der Waals surface area contributed by atoms with Crippen LogP contribution in [0.25, 0.3) is 0 Å². The summed E-state index contributed by atoms with van der Waals surface area (Å²) in [4.78, 5) is 0. The van der Waals surface area contributed by atoms with Crippen LogP contribution in [0.4, 0.5) is 0 Å². The summed E-state index contributed by atoms with van der Waals surface area (Å²) < 4.78 is 4.71. The van der Waals surface area contributed by atoms with Crippen LogP contribution in [0.3, 0.4) is 0 Å². The van der Waals surface area contributed by atoms with Crippen molar-refractivity contribution in [1.29, 1.82) is 0 Å². The van der Waals surface area contributed by atoms with Gasteiger partial charge in [0.1, 0.15) is 0 Å². The van der Waals surface area contributed by atoms with Gasteiger partial charge in [-0.25, -0.2) is 0 Å². The average molecular weight is 135 g/mol. The largest absolute Gasteiger partial charge is 0.351 e. The van der Waals surface area contributed by atoms with Crippen molar-refractivity contribution in [2.45, 2.75) is 20.8 Å². The van der Waals surface area contributed by atoms with Gasteiger partial charge in [0.15, 0.2) is 0 Å². The lowest BCUT2D eigenvalue weighted by Gasteiger charge is -2.15. The van der Waals surface area contributed by atoms with Crippen LogP contribution in [0.15, 0.2) is 0 Å². The van der Waals surface area contributed by atoms with E-state index in [9.17, 15) is 0 Å². The summed E-state index contributed by atoms with van der Waals surface area (Å²) in [6.45, 7) is 6.83. The molecule has 48 valence electrons.